The Morgan fingerprint density at radius 3 is 2.50 bits per heavy atom. The number of carbonyl (C=O) groups is 2. The minimum atomic E-state index is -0.563. The molecular formula is C15H18N2O3. The van der Waals surface area contributed by atoms with Crippen LogP contribution < -0.4 is 5.73 Å². The molecule has 5 nitrogen and oxygen atoms in total. The van der Waals surface area contributed by atoms with Gasteiger partial charge in [0.2, 0.25) is 0 Å². The van der Waals surface area contributed by atoms with Gasteiger partial charge in [0, 0.05) is 12.6 Å². The van der Waals surface area contributed by atoms with Crippen LogP contribution in [-0.2, 0) is 9.59 Å². The first-order valence-electron chi connectivity index (χ1n) is 6.49. The Labute approximate surface area is 117 Å². The minimum absolute atomic E-state index is 0.141. The van der Waals surface area contributed by atoms with E-state index in [1.54, 1.807) is 6.92 Å². The van der Waals surface area contributed by atoms with Crippen LogP contribution in [0.1, 0.15) is 25.5 Å². The molecule has 2 atom stereocenters. The molecule has 0 aliphatic carbocycles. The number of rotatable bonds is 4. The van der Waals surface area contributed by atoms with Gasteiger partial charge in [-0.05, 0) is 19.4 Å². The highest BCUT2D eigenvalue weighted by molar-refractivity contribution is 6.08. The van der Waals surface area contributed by atoms with Crippen molar-refractivity contribution in [3.8, 4) is 0 Å². The third-order valence-electron chi connectivity index (χ3n) is 3.28. The lowest BCUT2D eigenvalue weighted by atomic mass is 9.96. The summed E-state index contributed by atoms with van der Waals surface area (Å²) in [6, 6.07) is 8.36. The van der Waals surface area contributed by atoms with Crippen LogP contribution in [0.15, 0.2) is 41.7 Å². The van der Waals surface area contributed by atoms with Crippen molar-refractivity contribution >= 4 is 11.7 Å². The normalized spacial score (nSPS) is 20.4. The van der Waals surface area contributed by atoms with Crippen LogP contribution in [0.2, 0.25) is 0 Å². The smallest absolute Gasteiger partial charge is 0.290 e. The number of carbonyl (C=O) groups excluding carboxylic acids is 2. The Hall–Kier alpha value is -2.14. The fraction of sp³-hybridized carbons (Fsp3) is 0.333. The quantitative estimate of drug-likeness (QED) is 0.867. The monoisotopic (exact) mass is 274 g/mol. The van der Waals surface area contributed by atoms with Gasteiger partial charge >= 0.3 is 0 Å². The zero-order valence-electron chi connectivity index (χ0n) is 11.5. The Morgan fingerprint density at radius 1 is 1.40 bits per heavy atom. The van der Waals surface area contributed by atoms with Gasteiger partial charge in [-0.1, -0.05) is 30.3 Å². The predicted octanol–water partition coefficient (Wildman–Crippen LogP) is 1.32. The second-order valence-corrected chi connectivity index (χ2v) is 5.07. The van der Waals surface area contributed by atoms with Gasteiger partial charge in [-0.3, -0.25) is 9.59 Å². The van der Waals surface area contributed by atoms with E-state index in [0.29, 0.717) is 0 Å². The van der Waals surface area contributed by atoms with Crippen LogP contribution in [0.3, 0.4) is 0 Å². The van der Waals surface area contributed by atoms with Gasteiger partial charge in [-0.15, -0.1) is 0 Å². The van der Waals surface area contributed by atoms with Crippen molar-refractivity contribution < 1.29 is 14.7 Å². The molecule has 3 N–H and O–H groups in total. The molecule has 1 amide bonds. The van der Waals surface area contributed by atoms with E-state index in [2.05, 4.69) is 0 Å². The molecule has 0 radical (unpaired) electrons. The lowest BCUT2D eigenvalue weighted by Crippen LogP contribution is -2.39. The first kappa shape index (κ1) is 14.3. The summed E-state index contributed by atoms with van der Waals surface area (Å²) < 4.78 is 0. The number of amides is 1. The van der Waals surface area contributed by atoms with Crippen molar-refractivity contribution in [2.45, 2.75) is 25.9 Å². The van der Waals surface area contributed by atoms with Crippen molar-refractivity contribution in [1.29, 1.82) is 0 Å². The maximum atomic E-state index is 12.1. The molecule has 0 fully saturated rings. The molecule has 0 aromatic heterocycles. The van der Waals surface area contributed by atoms with Crippen molar-refractivity contribution in [3.05, 3.63) is 47.2 Å². The van der Waals surface area contributed by atoms with Gasteiger partial charge in [0.15, 0.2) is 11.5 Å². The number of nitrogens with zero attached hydrogens (tertiary/aromatic N) is 1. The Kier molecular flexibility index (Phi) is 3.90. The maximum Gasteiger partial charge on any atom is 0.290 e. The third kappa shape index (κ3) is 2.44. The van der Waals surface area contributed by atoms with Crippen LogP contribution in [0.5, 0.6) is 0 Å². The Bertz CT molecular complexity index is 564. The average molecular weight is 274 g/mol. The summed E-state index contributed by atoms with van der Waals surface area (Å²) in [4.78, 5) is 25.4. The lowest BCUT2D eigenvalue weighted by molar-refractivity contribution is -0.129. The summed E-state index contributed by atoms with van der Waals surface area (Å²) in [5.74, 6) is -1.31. The van der Waals surface area contributed by atoms with E-state index in [-0.39, 0.29) is 23.9 Å². The number of aliphatic hydroxyl groups excluding tert-OH is 1. The molecule has 0 bridgehead atoms. The number of hydrogen-bond acceptors (Lipinski definition) is 4. The fourth-order valence-electron chi connectivity index (χ4n) is 2.49. The molecule has 2 rings (SSSR count). The van der Waals surface area contributed by atoms with Crippen LogP contribution in [0, 0.1) is 0 Å². The van der Waals surface area contributed by atoms with Crippen LogP contribution in [0.25, 0.3) is 0 Å². The standard InChI is InChI=1S/C15H18N2O3/c1-9(16)8-17-13(11-6-4-3-5-7-11)12(10(2)18)14(19)15(17)20/h3-7,9,13,19H,8,16H2,1-2H3/t9-,13-/m1/s1. The van der Waals surface area contributed by atoms with Crippen LogP contribution in [0.4, 0.5) is 0 Å². The van der Waals surface area contributed by atoms with Gasteiger partial charge in [0.25, 0.3) is 5.91 Å². The van der Waals surface area contributed by atoms with E-state index in [4.69, 9.17) is 5.73 Å². The fourth-order valence-corrected chi connectivity index (χ4v) is 2.49. The summed E-state index contributed by atoms with van der Waals surface area (Å²) in [7, 11) is 0. The summed E-state index contributed by atoms with van der Waals surface area (Å²) in [6.45, 7) is 3.40. The van der Waals surface area contributed by atoms with Gasteiger partial charge in [-0.2, -0.15) is 0 Å². The van der Waals surface area contributed by atoms with Crippen LogP contribution in [-0.4, -0.2) is 34.3 Å². The van der Waals surface area contributed by atoms with Crippen molar-refractivity contribution in [1.82, 2.24) is 4.90 Å². The number of ketones is 1. The van der Waals surface area contributed by atoms with Gasteiger partial charge in [0.1, 0.15) is 0 Å². The molecule has 1 heterocycles. The zero-order chi connectivity index (χ0) is 14.9. The van der Waals surface area contributed by atoms with E-state index >= 15 is 0 Å². The summed E-state index contributed by atoms with van der Waals surface area (Å²) >= 11 is 0. The molecule has 5 heteroatoms. The highest BCUT2D eigenvalue weighted by atomic mass is 16.3. The molecular weight excluding hydrogens is 256 g/mol. The number of nitrogens with two attached hydrogens (primary N) is 1. The second kappa shape index (κ2) is 5.46. The first-order chi connectivity index (χ1) is 9.43. The molecule has 1 aliphatic rings. The number of aliphatic hydroxyl groups is 1. The van der Waals surface area contributed by atoms with Gasteiger partial charge in [-0.25, -0.2) is 0 Å². The van der Waals surface area contributed by atoms with Gasteiger partial charge in [0.05, 0.1) is 11.6 Å². The Balaban J connectivity index is 2.50. The van der Waals surface area contributed by atoms with Crippen LogP contribution >= 0.6 is 0 Å². The van der Waals surface area contributed by atoms with E-state index in [0.717, 1.165) is 5.56 Å². The Morgan fingerprint density at radius 2 is 2.00 bits per heavy atom. The molecule has 0 unspecified atom stereocenters. The largest absolute Gasteiger partial charge is 0.503 e. The molecule has 0 saturated heterocycles. The van der Waals surface area contributed by atoms with E-state index in [9.17, 15) is 14.7 Å². The number of benzene rings is 1. The highest BCUT2D eigenvalue weighted by Crippen LogP contribution is 2.37. The minimum Gasteiger partial charge on any atom is -0.503 e. The SMILES string of the molecule is CC(=O)C1=C(O)C(=O)N(C[C@@H](C)N)[C@@H]1c1ccccc1. The number of Topliss-reactive ketones (excluding diaryl/α,β-unsaturated/α-hetero) is 1. The zero-order valence-corrected chi connectivity index (χ0v) is 11.5. The molecule has 106 valence electrons. The molecule has 0 spiro atoms. The number of hydrogen-bond donors (Lipinski definition) is 2. The van der Waals surface area contributed by atoms with Gasteiger partial charge < -0.3 is 15.7 Å². The summed E-state index contributed by atoms with van der Waals surface area (Å²) in [5, 5.41) is 9.97. The molecule has 0 saturated carbocycles. The lowest BCUT2D eigenvalue weighted by Gasteiger charge is -2.27. The first-order valence-corrected chi connectivity index (χ1v) is 6.49. The summed E-state index contributed by atoms with van der Waals surface area (Å²) in [5.41, 5.74) is 6.69. The van der Waals surface area contributed by atoms with Crippen molar-refractivity contribution in [3.63, 3.8) is 0 Å². The third-order valence-corrected chi connectivity index (χ3v) is 3.28. The van der Waals surface area contributed by atoms with Crippen molar-refractivity contribution in [2.75, 3.05) is 6.54 Å². The van der Waals surface area contributed by atoms with E-state index in [1.165, 1.54) is 11.8 Å². The molecule has 1 aromatic rings. The maximum absolute atomic E-state index is 12.1. The average Bonchev–Trinajstić information content (AvgIpc) is 2.64. The predicted molar refractivity (Wildman–Crippen MR) is 74.9 cm³/mol. The van der Waals surface area contributed by atoms with E-state index < -0.39 is 17.7 Å². The highest BCUT2D eigenvalue weighted by Gasteiger charge is 2.42. The molecule has 1 aliphatic heterocycles. The molecule has 20 heavy (non-hydrogen) atoms. The molecule has 1 aromatic carbocycles. The topological polar surface area (TPSA) is 83.6 Å². The summed E-state index contributed by atoms with van der Waals surface area (Å²) in [6.07, 6.45) is 0. The second-order valence-electron chi connectivity index (χ2n) is 5.07. The van der Waals surface area contributed by atoms with E-state index in [1.807, 2.05) is 30.3 Å². The van der Waals surface area contributed by atoms with Crippen molar-refractivity contribution in [2.24, 2.45) is 5.73 Å².